The number of hydrogen-bond acceptors (Lipinski definition) is 3. The van der Waals surface area contributed by atoms with Gasteiger partial charge in [-0.05, 0) is 38.6 Å². The Morgan fingerprint density at radius 2 is 2.14 bits per heavy atom. The Kier molecular flexibility index (Phi) is 7.22. The Morgan fingerprint density at radius 3 is 2.71 bits per heavy atom. The molecule has 0 bridgehead atoms. The van der Waals surface area contributed by atoms with Gasteiger partial charge in [0, 0.05) is 25.0 Å². The van der Waals surface area contributed by atoms with E-state index in [0.717, 1.165) is 25.5 Å². The maximum atomic E-state index is 11.8. The van der Waals surface area contributed by atoms with Crippen molar-refractivity contribution in [1.29, 1.82) is 0 Å². The molecule has 6 heteroatoms. The van der Waals surface area contributed by atoms with E-state index < -0.39 is 5.41 Å². The molecule has 0 radical (unpaired) electrons. The molecule has 0 aromatic carbocycles. The molecule has 0 saturated carbocycles. The van der Waals surface area contributed by atoms with E-state index in [0.29, 0.717) is 6.54 Å². The molecular weight excluding hydrogens is 284 g/mol. The van der Waals surface area contributed by atoms with Gasteiger partial charge in [0.2, 0.25) is 5.91 Å². The molecule has 1 aromatic heterocycles. The fourth-order valence-electron chi connectivity index (χ4n) is 1.79. The number of rotatable bonds is 7. The summed E-state index contributed by atoms with van der Waals surface area (Å²) >= 11 is 1.76. The van der Waals surface area contributed by atoms with E-state index in [1.165, 1.54) is 4.88 Å². The minimum absolute atomic E-state index is 0.000633. The molecule has 1 rings (SSSR count). The van der Waals surface area contributed by atoms with Crippen LogP contribution in [0.2, 0.25) is 0 Å². The Morgan fingerprint density at radius 1 is 1.38 bits per heavy atom. The lowest BCUT2D eigenvalue weighted by atomic mass is 9.93. The zero-order valence-corrected chi connectivity index (χ0v) is 14.1. The van der Waals surface area contributed by atoms with E-state index in [4.69, 9.17) is 0 Å². The van der Waals surface area contributed by atoms with Crippen LogP contribution in [0.5, 0.6) is 0 Å². The van der Waals surface area contributed by atoms with Crippen LogP contribution in [0.25, 0.3) is 0 Å². The van der Waals surface area contributed by atoms with Gasteiger partial charge >= 0.3 is 0 Å². The van der Waals surface area contributed by atoms with E-state index >= 15 is 0 Å². The summed E-state index contributed by atoms with van der Waals surface area (Å²) in [5.41, 5.74) is -0.509. The monoisotopic (exact) mass is 310 g/mol. The molecule has 0 aliphatic heterocycles. The number of guanidine groups is 1. The first kappa shape index (κ1) is 17.5. The van der Waals surface area contributed by atoms with Gasteiger partial charge in [-0.15, -0.1) is 11.3 Å². The largest absolute Gasteiger partial charge is 0.359 e. The summed E-state index contributed by atoms with van der Waals surface area (Å²) in [4.78, 5) is 17.6. The SMILES string of the molecule is CCNC(=NCC(C)(C)C(=O)NC)NCCc1cccs1. The summed E-state index contributed by atoms with van der Waals surface area (Å²) in [6.45, 7) is 7.88. The van der Waals surface area contributed by atoms with Gasteiger partial charge in [-0.25, -0.2) is 0 Å². The third-order valence-corrected chi connectivity index (χ3v) is 4.00. The lowest BCUT2D eigenvalue weighted by Crippen LogP contribution is -2.41. The van der Waals surface area contributed by atoms with Gasteiger partial charge in [-0.2, -0.15) is 0 Å². The topological polar surface area (TPSA) is 65.5 Å². The van der Waals surface area contributed by atoms with E-state index in [1.807, 2.05) is 20.8 Å². The Labute approximate surface area is 131 Å². The number of nitrogens with one attached hydrogen (secondary N) is 3. The molecule has 0 saturated heterocycles. The number of thiophene rings is 1. The normalized spacial score (nSPS) is 12.1. The van der Waals surface area contributed by atoms with Crippen molar-refractivity contribution in [2.75, 3.05) is 26.7 Å². The molecule has 0 unspecified atom stereocenters. The fraction of sp³-hybridized carbons (Fsp3) is 0.600. The summed E-state index contributed by atoms with van der Waals surface area (Å²) in [6.07, 6.45) is 0.973. The summed E-state index contributed by atoms with van der Waals surface area (Å²) < 4.78 is 0. The van der Waals surface area contributed by atoms with Crippen LogP contribution in [0.15, 0.2) is 22.5 Å². The number of amides is 1. The van der Waals surface area contributed by atoms with Crippen molar-refractivity contribution in [3.05, 3.63) is 22.4 Å². The van der Waals surface area contributed by atoms with Crippen molar-refractivity contribution in [2.24, 2.45) is 10.4 Å². The number of aliphatic imine (C=N–C) groups is 1. The lowest BCUT2D eigenvalue weighted by Gasteiger charge is -2.21. The van der Waals surface area contributed by atoms with Crippen molar-refractivity contribution in [3.8, 4) is 0 Å². The molecule has 118 valence electrons. The second-order valence-corrected chi connectivity index (χ2v) is 6.45. The van der Waals surface area contributed by atoms with E-state index in [1.54, 1.807) is 18.4 Å². The molecule has 0 fully saturated rings. The Hall–Kier alpha value is -1.56. The van der Waals surface area contributed by atoms with E-state index in [-0.39, 0.29) is 5.91 Å². The van der Waals surface area contributed by atoms with Crippen LogP contribution in [0.4, 0.5) is 0 Å². The molecule has 0 atom stereocenters. The number of carbonyl (C=O) groups excluding carboxylic acids is 1. The number of carbonyl (C=O) groups is 1. The third kappa shape index (κ3) is 6.16. The first-order chi connectivity index (χ1) is 9.99. The molecule has 1 amide bonds. The van der Waals surface area contributed by atoms with Crippen LogP contribution in [0.3, 0.4) is 0 Å². The Balaban J connectivity index is 2.51. The molecule has 0 spiro atoms. The lowest BCUT2D eigenvalue weighted by molar-refractivity contribution is -0.128. The van der Waals surface area contributed by atoms with Gasteiger partial charge in [0.25, 0.3) is 0 Å². The van der Waals surface area contributed by atoms with Crippen molar-refractivity contribution in [3.63, 3.8) is 0 Å². The van der Waals surface area contributed by atoms with Crippen LogP contribution in [0, 0.1) is 5.41 Å². The Bertz CT molecular complexity index is 454. The maximum absolute atomic E-state index is 11.8. The first-order valence-electron chi connectivity index (χ1n) is 7.26. The molecule has 1 aromatic rings. The molecule has 1 heterocycles. The van der Waals surface area contributed by atoms with Crippen LogP contribution in [-0.2, 0) is 11.2 Å². The predicted molar refractivity (Wildman–Crippen MR) is 89.9 cm³/mol. The minimum Gasteiger partial charge on any atom is -0.359 e. The third-order valence-electron chi connectivity index (χ3n) is 3.06. The minimum atomic E-state index is -0.509. The molecule has 21 heavy (non-hydrogen) atoms. The van der Waals surface area contributed by atoms with Gasteiger partial charge in [0.05, 0.1) is 12.0 Å². The van der Waals surface area contributed by atoms with E-state index in [9.17, 15) is 4.79 Å². The van der Waals surface area contributed by atoms with Crippen LogP contribution >= 0.6 is 11.3 Å². The molecular formula is C15H26N4OS. The van der Waals surface area contributed by atoms with Gasteiger partial charge < -0.3 is 16.0 Å². The highest BCUT2D eigenvalue weighted by Crippen LogP contribution is 2.15. The van der Waals surface area contributed by atoms with Crippen molar-refractivity contribution in [1.82, 2.24) is 16.0 Å². The van der Waals surface area contributed by atoms with Crippen molar-refractivity contribution in [2.45, 2.75) is 27.2 Å². The van der Waals surface area contributed by atoms with Crippen molar-refractivity contribution < 1.29 is 4.79 Å². The highest BCUT2D eigenvalue weighted by molar-refractivity contribution is 7.09. The smallest absolute Gasteiger partial charge is 0.227 e. The fourth-order valence-corrected chi connectivity index (χ4v) is 2.50. The van der Waals surface area contributed by atoms with Gasteiger partial charge in [-0.1, -0.05) is 6.07 Å². The average Bonchev–Trinajstić information content (AvgIpc) is 2.97. The van der Waals surface area contributed by atoms with Gasteiger partial charge in [0.15, 0.2) is 5.96 Å². The van der Waals surface area contributed by atoms with Gasteiger partial charge in [-0.3, -0.25) is 9.79 Å². The summed E-state index contributed by atoms with van der Waals surface area (Å²) in [5, 5.41) is 11.3. The summed E-state index contributed by atoms with van der Waals surface area (Å²) in [7, 11) is 1.65. The van der Waals surface area contributed by atoms with Crippen LogP contribution in [-0.4, -0.2) is 38.5 Å². The highest BCUT2D eigenvalue weighted by atomic mass is 32.1. The van der Waals surface area contributed by atoms with Gasteiger partial charge in [0.1, 0.15) is 0 Å². The number of hydrogen-bond donors (Lipinski definition) is 3. The standard InChI is InChI=1S/C15H26N4OS/c1-5-17-14(18-9-8-12-7-6-10-21-12)19-11-15(2,3)13(20)16-4/h6-7,10H,5,8-9,11H2,1-4H3,(H,16,20)(H2,17,18,19). The molecule has 0 aliphatic carbocycles. The molecule has 0 aliphatic rings. The summed E-state index contributed by atoms with van der Waals surface area (Å²) in [5.74, 6) is 0.756. The summed E-state index contributed by atoms with van der Waals surface area (Å²) in [6, 6.07) is 4.19. The van der Waals surface area contributed by atoms with Crippen LogP contribution < -0.4 is 16.0 Å². The molecule has 5 nitrogen and oxygen atoms in total. The number of nitrogens with zero attached hydrogens (tertiary/aromatic N) is 1. The molecule has 3 N–H and O–H groups in total. The highest BCUT2D eigenvalue weighted by Gasteiger charge is 2.26. The first-order valence-corrected chi connectivity index (χ1v) is 8.14. The quantitative estimate of drug-likeness (QED) is 0.530. The second kappa shape index (κ2) is 8.67. The zero-order chi connectivity index (χ0) is 15.7. The van der Waals surface area contributed by atoms with Crippen LogP contribution in [0.1, 0.15) is 25.6 Å². The average molecular weight is 310 g/mol. The van der Waals surface area contributed by atoms with E-state index in [2.05, 4.69) is 38.5 Å². The maximum Gasteiger partial charge on any atom is 0.227 e. The second-order valence-electron chi connectivity index (χ2n) is 5.41. The van der Waals surface area contributed by atoms with Crippen molar-refractivity contribution >= 4 is 23.2 Å². The predicted octanol–water partition coefficient (Wildman–Crippen LogP) is 1.62. The zero-order valence-electron chi connectivity index (χ0n) is 13.3.